The zero-order chi connectivity index (χ0) is 30.3. The minimum absolute atomic E-state index is 0. The number of aromatic amines is 1. The molecule has 2 aromatic carbocycles. The Morgan fingerprint density at radius 2 is 1.20 bits per heavy atom. The third-order valence-corrected chi connectivity index (χ3v) is 7.18. The predicted molar refractivity (Wildman–Crippen MR) is 130 cm³/mol. The number of amides is 1. The van der Waals surface area contributed by atoms with E-state index in [0.717, 1.165) is 71.4 Å². The summed E-state index contributed by atoms with van der Waals surface area (Å²) in [6.45, 7) is 0. The van der Waals surface area contributed by atoms with Gasteiger partial charge in [0.2, 0.25) is 0 Å². The van der Waals surface area contributed by atoms with Gasteiger partial charge in [-0.3, -0.25) is 19.4 Å². The molecule has 0 aliphatic carbocycles. The van der Waals surface area contributed by atoms with E-state index in [0.29, 0.717) is 5.01 Å². The van der Waals surface area contributed by atoms with Crippen LogP contribution < -0.4 is 169 Å². The number of rotatable bonds is 8. The number of aromatic carboxylic acids is 1. The topological polar surface area (TPSA) is 265 Å². The number of nitrogens with one attached hydrogen (secondary N) is 1. The van der Waals surface area contributed by atoms with Crippen LogP contribution in [0.5, 0.6) is 0 Å². The van der Waals surface area contributed by atoms with Gasteiger partial charge in [-0.05, 0) is 60.7 Å². The molecule has 0 fully saturated rings. The zero-order valence-corrected chi connectivity index (χ0v) is 36.5. The molecule has 4 rings (SSSR count). The van der Waals surface area contributed by atoms with Crippen molar-refractivity contribution in [2.75, 3.05) is 5.01 Å². The molecule has 1 amide bonds. The molecule has 16 nitrogen and oxygen atoms in total. The second-order valence-corrected chi connectivity index (χ2v) is 10.8. The largest absolute Gasteiger partial charge is 1.00 e. The van der Waals surface area contributed by atoms with Crippen LogP contribution in [0.15, 0.2) is 85.9 Å². The summed E-state index contributed by atoms with van der Waals surface area (Å²) in [5.41, 5.74) is -3.77. The van der Waals surface area contributed by atoms with Crippen molar-refractivity contribution in [3.05, 3.63) is 87.9 Å². The number of H-pyrrole nitrogens is 1. The Labute approximate surface area is 371 Å². The molecule has 0 bridgehead atoms. The van der Waals surface area contributed by atoms with Crippen LogP contribution >= 0.6 is 0 Å². The predicted octanol–water partition coefficient (Wildman–Crippen LogP) is -17.6. The second-order valence-electron chi connectivity index (χ2n) is 8.01. The molecule has 0 unspecified atom stereocenters. The van der Waals surface area contributed by atoms with Gasteiger partial charge >= 0.3 is 148 Å². The van der Waals surface area contributed by atoms with Crippen LogP contribution in [0, 0.1) is 0 Å². The van der Waals surface area contributed by atoms with Gasteiger partial charge in [-0.1, -0.05) is 6.08 Å². The van der Waals surface area contributed by atoms with Crippen molar-refractivity contribution < 1.29 is 198 Å². The molecule has 46 heavy (non-hydrogen) atoms. The van der Waals surface area contributed by atoms with E-state index in [1.165, 1.54) is 0 Å². The number of hydrogen-bond donors (Lipinski definition) is 1. The van der Waals surface area contributed by atoms with Gasteiger partial charge in [0.15, 0.2) is 0 Å². The zero-order valence-electron chi connectivity index (χ0n) is 24.9. The number of anilines is 1. The molecule has 23 heteroatoms. The van der Waals surface area contributed by atoms with Crippen LogP contribution in [0.25, 0.3) is 11.8 Å². The third kappa shape index (κ3) is 10.9. The number of aliphatic carboxylic acids is 1. The van der Waals surface area contributed by atoms with Gasteiger partial charge in [0.25, 0.3) is 11.5 Å². The average Bonchev–Trinajstić information content (AvgIpc) is 3.40. The molecule has 2 heterocycles. The van der Waals surface area contributed by atoms with Crippen LogP contribution in [0.4, 0.5) is 5.69 Å². The van der Waals surface area contributed by atoms with E-state index in [1.807, 2.05) is 0 Å². The number of benzene rings is 2. The number of hydrogen-bond acceptors (Lipinski definition) is 13. The summed E-state index contributed by atoms with van der Waals surface area (Å²) >= 11 is 0. The Hall–Kier alpha value is -0.170. The molecule has 0 saturated heterocycles. The van der Waals surface area contributed by atoms with Gasteiger partial charge in [0, 0.05) is 0 Å². The number of nitrogens with zero attached hydrogens (tertiary/aromatic N) is 3. The maximum absolute atomic E-state index is 12.9. The van der Waals surface area contributed by atoms with E-state index < -0.39 is 76.0 Å². The van der Waals surface area contributed by atoms with E-state index in [1.54, 1.807) is 0 Å². The second kappa shape index (κ2) is 19.3. The fraction of sp³-hybridized carbons (Fsp3) is 0. The van der Waals surface area contributed by atoms with Crippen molar-refractivity contribution in [2.24, 2.45) is 5.10 Å². The van der Waals surface area contributed by atoms with Gasteiger partial charge in [-0.25, -0.2) is 16.8 Å². The van der Waals surface area contributed by atoms with Crippen LogP contribution in [-0.2, 0) is 29.8 Å². The Morgan fingerprint density at radius 3 is 1.61 bits per heavy atom. The van der Waals surface area contributed by atoms with E-state index in [2.05, 4.69) is 10.2 Å². The van der Waals surface area contributed by atoms with E-state index in [4.69, 9.17) is 0 Å². The normalized spacial score (nSPS) is 13.4. The maximum Gasteiger partial charge on any atom is 1.00 e. The number of carbonyl (C=O) groups is 3. The van der Waals surface area contributed by atoms with Gasteiger partial charge < -0.3 is 28.9 Å². The Kier molecular flexibility index (Phi) is 20.1. The van der Waals surface area contributed by atoms with Crippen LogP contribution in [0.2, 0.25) is 0 Å². The average molecular weight is 715 g/mol. The molecule has 0 saturated carbocycles. The Balaban J connectivity index is 0. The number of allylic oxidation sites excluding steroid dienone is 2. The summed E-state index contributed by atoms with van der Waals surface area (Å²) in [4.78, 5) is 47.6. The first kappa shape index (κ1) is 47.9. The van der Waals surface area contributed by atoms with Crippen molar-refractivity contribution in [3.63, 3.8) is 0 Å². The van der Waals surface area contributed by atoms with Crippen molar-refractivity contribution in [2.45, 2.75) is 9.79 Å². The molecule has 3 aromatic rings. The molecular formula is C23H12N4Na5O12S2+. The summed E-state index contributed by atoms with van der Waals surface area (Å²) < 4.78 is 67.5. The first-order valence-electron chi connectivity index (χ1n) is 10.8. The minimum Gasteiger partial charge on any atom is -0.744 e. The first-order valence-corrected chi connectivity index (χ1v) is 13.6. The van der Waals surface area contributed by atoms with Crippen LogP contribution in [-0.4, -0.2) is 59.3 Å². The van der Waals surface area contributed by atoms with Crippen molar-refractivity contribution in [1.82, 2.24) is 9.78 Å². The minimum atomic E-state index is -4.80. The molecule has 1 aromatic heterocycles. The van der Waals surface area contributed by atoms with Gasteiger partial charge in [0.05, 0.1) is 49.9 Å². The molecule has 0 spiro atoms. The molecule has 212 valence electrons. The molecular weight excluding hydrogens is 703 g/mol. The monoisotopic (exact) mass is 715 g/mol. The quantitative estimate of drug-likeness (QED) is 0.129. The number of carbonyl (C=O) groups excluding carboxylic acids is 3. The number of hydrazone groups is 1. The molecule has 0 atom stereocenters. The maximum atomic E-state index is 12.9. The summed E-state index contributed by atoms with van der Waals surface area (Å²) in [5, 5.41) is 29.9. The van der Waals surface area contributed by atoms with Crippen molar-refractivity contribution >= 4 is 55.6 Å². The Morgan fingerprint density at radius 1 is 0.739 bits per heavy atom. The Bertz CT molecular complexity index is 1990. The molecule has 1 N–H and O–H groups in total. The summed E-state index contributed by atoms with van der Waals surface area (Å²) in [6.07, 6.45) is 2.79. The van der Waals surface area contributed by atoms with Crippen molar-refractivity contribution in [3.8, 4) is 5.69 Å². The smallest absolute Gasteiger partial charge is 0.744 e. The van der Waals surface area contributed by atoms with Gasteiger partial charge in [0.1, 0.15) is 25.9 Å². The van der Waals surface area contributed by atoms with Crippen molar-refractivity contribution in [1.29, 1.82) is 0 Å². The molecule has 1 aliphatic rings. The van der Waals surface area contributed by atoms with Crippen LogP contribution in [0.1, 0.15) is 16.1 Å². The third-order valence-electron chi connectivity index (χ3n) is 5.48. The summed E-state index contributed by atoms with van der Waals surface area (Å²) in [6, 6.07) is 7.71. The fourth-order valence-corrected chi connectivity index (χ4v) is 4.58. The number of carboxylic acids is 2. The fourth-order valence-electron chi connectivity index (χ4n) is 3.64. The molecule has 1 aliphatic heterocycles. The number of carboxylic acid groups (broad SMARTS) is 2. The summed E-state index contributed by atoms with van der Waals surface area (Å²) in [5.74, 6) is -4.74. The van der Waals surface area contributed by atoms with E-state index in [9.17, 15) is 55.3 Å². The van der Waals surface area contributed by atoms with E-state index >= 15 is 0 Å². The standard InChI is InChI=1S/C23H16N4O12S2.5Na/c28-20-17(19(23(32)33)26(25-20)12-4-8-14(9-5-12)40(34,35)36)3-1-2-16-18(22(30)31)24-27(21(16)29)13-6-10-15(11-7-13)41(37,38)39;;;;;/h1-11H,(H,25,28)(H,30,31)(H,32,33)(H,34,35,36)(H,37,38,39);;;;;/q;5*+1/p-4/b3-1+,16-2-;;;;;. The van der Waals surface area contributed by atoms with Crippen LogP contribution in [0.3, 0.4) is 0 Å². The first-order chi connectivity index (χ1) is 19.1. The van der Waals surface area contributed by atoms with Gasteiger partial charge in [-0.15, -0.1) is 0 Å². The SMILES string of the molecule is O=C([O-])C1=NN(c2ccc(S(=O)(=O)[O-])cc2)C(=O)/C1=C\C=C\c1c(C(=O)[O-])n(-c2ccc(S(=O)(=O)[O-])cc2)[nH]c1=O.[Na+].[Na+].[Na+].[Na+].[Na+]. The molecule has 0 radical (unpaired) electrons. The number of aromatic nitrogens is 2. The van der Waals surface area contributed by atoms with E-state index in [-0.39, 0.29) is 159 Å². The van der Waals surface area contributed by atoms with Gasteiger partial charge in [-0.2, -0.15) is 10.1 Å². The summed E-state index contributed by atoms with van der Waals surface area (Å²) in [7, 11) is -9.59.